The van der Waals surface area contributed by atoms with Crippen molar-refractivity contribution in [1.29, 1.82) is 0 Å². The summed E-state index contributed by atoms with van der Waals surface area (Å²) in [5.41, 5.74) is 2.37. The molecule has 1 heterocycles. The van der Waals surface area contributed by atoms with Gasteiger partial charge in [-0.2, -0.15) is 0 Å². The molecule has 0 radical (unpaired) electrons. The van der Waals surface area contributed by atoms with Crippen molar-refractivity contribution in [1.82, 2.24) is 5.43 Å². The molecule has 1 aromatic rings. The van der Waals surface area contributed by atoms with Crippen LogP contribution in [0.5, 0.6) is 0 Å². The fourth-order valence-corrected chi connectivity index (χ4v) is 1.17. The third kappa shape index (κ3) is 1.75. The first-order chi connectivity index (χ1) is 6.06. The number of amides is 1. The molecule has 5 nitrogen and oxygen atoms in total. The number of aryl methyl sites for hydroxylation is 2. The number of hydrogen-bond donors (Lipinski definition) is 2. The van der Waals surface area contributed by atoms with Crippen molar-refractivity contribution in [3.63, 3.8) is 0 Å². The summed E-state index contributed by atoms with van der Waals surface area (Å²) in [5, 5.41) is 0. The summed E-state index contributed by atoms with van der Waals surface area (Å²) >= 11 is 0. The van der Waals surface area contributed by atoms with E-state index in [0.29, 0.717) is 11.1 Å². The maximum atomic E-state index is 11.2. The smallest absolute Gasteiger partial charge is 0.336 e. The maximum absolute atomic E-state index is 11.2. The number of carbonyl (C=O) groups excluding carboxylic acids is 1. The van der Waals surface area contributed by atoms with Crippen molar-refractivity contribution in [3.8, 4) is 0 Å². The normalized spacial score (nSPS) is 9.77. The van der Waals surface area contributed by atoms with Crippen molar-refractivity contribution < 1.29 is 9.21 Å². The summed E-state index contributed by atoms with van der Waals surface area (Å²) in [6.45, 7) is 3.19. The molecule has 0 aliphatic carbocycles. The molecule has 1 aromatic heterocycles. The van der Waals surface area contributed by atoms with Gasteiger partial charge in [0.1, 0.15) is 5.76 Å². The Kier molecular flexibility index (Phi) is 2.48. The molecule has 5 heteroatoms. The van der Waals surface area contributed by atoms with Crippen LogP contribution < -0.4 is 16.9 Å². The average Bonchev–Trinajstić information content (AvgIpc) is 2.02. The van der Waals surface area contributed by atoms with E-state index in [-0.39, 0.29) is 5.76 Å². The molecule has 13 heavy (non-hydrogen) atoms. The monoisotopic (exact) mass is 182 g/mol. The Hall–Kier alpha value is -1.62. The standard InChI is InChI=1S/C8H10N2O3/c1-4-3-6(11)13-5(2)7(4)8(12)10-9/h3H,9H2,1-2H3,(H,10,12). The zero-order valence-corrected chi connectivity index (χ0v) is 7.38. The van der Waals surface area contributed by atoms with Gasteiger partial charge in [-0.05, 0) is 19.4 Å². The first kappa shape index (κ1) is 9.47. The van der Waals surface area contributed by atoms with Gasteiger partial charge >= 0.3 is 5.63 Å². The molecule has 70 valence electrons. The minimum Gasteiger partial charge on any atom is -0.427 e. The second kappa shape index (κ2) is 3.40. The van der Waals surface area contributed by atoms with Crippen LogP contribution in [0.2, 0.25) is 0 Å². The van der Waals surface area contributed by atoms with Crippen molar-refractivity contribution in [2.75, 3.05) is 0 Å². The molecule has 0 spiro atoms. The summed E-state index contributed by atoms with van der Waals surface area (Å²) in [6.07, 6.45) is 0. The lowest BCUT2D eigenvalue weighted by molar-refractivity contribution is 0.0949. The predicted octanol–water partition coefficient (Wildman–Crippen LogP) is -0.140. The van der Waals surface area contributed by atoms with Crippen molar-refractivity contribution in [2.45, 2.75) is 13.8 Å². The Morgan fingerprint density at radius 1 is 1.54 bits per heavy atom. The summed E-state index contributed by atoms with van der Waals surface area (Å²) in [4.78, 5) is 22.0. The van der Waals surface area contributed by atoms with Crippen molar-refractivity contribution >= 4 is 5.91 Å². The second-order valence-corrected chi connectivity index (χ2v) is 2.65. The van der Waals surface area contributed by atoms with E-state index in [4.69, 9.17) is 10.3 Å². The highest BCUT2D eigenvalue weighted by Crippen LogP contribution is 2.09. The first-order valence-electron chi connectivity index (χ1n) is 3.68. The molecule has 3 N–H and O–H groups in total. The summed E-state index contributed by atoms with van der Waals surface area (Å²) in [7, 11) is 0. The Bertz CT molecular complexity index is 369. The van der Waals surface area contributed by atoms with E-state index >= 15 is 0 Å². The minimum atomic E-state index is -0.469. The Labute approximate surface area is 74.5 Å². The van der Waals surface area contributed by atoms with Crippen LogP contribution in [-0.2, 0) is 0 Å². The molecule has 0 fully saturated rings. The number of nitrogens with two attached hydrogens (primary N) is 1. The third-order valence-electron chi connectivity index (χ3n) is 1.69. The van der Waals surface area contributed by atoms with E-state index in [1.807, 2.05) is 5.43 Å². The lowest BCUT2D eigenvalue weighted by atomic mass is 10.1. The fourth-order valence-electron chi connectivity index (χ4n) is 1.17. The van der Waals surface area contributed by atoms with E-state index in [9.17, 15) is 9.59 Å². The Morgan fingerprint density at radius 2 is 2.15 bits per heavy atom. The molecule has 0 aliphatic rings. The fraction of sp³-hybridized carbons (Fsp3) is 0.250. The lowest BCUT2D eigenvalue weighted by Crippen LogP contribution is -2.31. The largest absolute Gasteiger partial charge is 0.427 e. The first-order valence-corrected chi connectivity index (χ1v) is 3.68. The maximum Gasteiger partial charge on any atom is 0.336 e. The van der Waals surface area contributed by atoms with Gasteiger partial charge in [0.25, 0.3) is 5.91 Å². The lowest BCUT2D eigenvalue weighted by Gasteiger charge is -2.04. The van der Waals surface area contributed by atoms with Crippen LogP contribution in [0.3, 0.4) is 0 Å². The molecular weight excluding hydrogens is 172 g/mol. The minimum absolute atomic E-state index is 0.271. The van der Waals surface area contributed by atoms with Gasteiger partial charge in [0.15, 0.2) is 0 Å². The van der Waals surface area contributed by atoms with E-state index in [2.05, 4.69) is 0 Å². The van der Waals surface area contributed by atoms with Gasteiger partial charge in [0.2, 0.25) is 0 Å². The highest BCUT2D eigenvalue weighted by Gasteiger charge is 2.13. The van der Waals surface area contributed by atoms with Crippen LogP contribution in [0.4, 0.5) is 0 Å². The second-order valence-electron chi connectivity index (χ2n) is 2.65. The molecular formula is C8H10N2O3. The Balaban J connectivity index is 3.37. The van der Waals surface area contributed by atoms with Crippen molar-refractivity contribution in [3.05, 3.63) is 33.4 Å². The molecule has 0 saturated heterocycles. The van der Waals surface area contributed by atoms with Crippen LogP contribution in [-0.4, -0.2) is 5.91 Å². The number of nitrogen functional groups attached to an aromatic ring is 1. The quantitative estimate of drug-likeness (QED) is 0.359. The van der Waals surface area contributed by atoms with E-state index < -0.39 is 11.5 Å². The summed E-state index contributed by atoms with van der Waals surface area (Å²) in [6, 6.07) is 1.25. The summed E-state index contributed by atoms with van der Waals surface area (Å²) < 4.78 is 4.74. The number of carbonyl (C=O) groups is 1. The van der Waals surface area contributed by atoms with Crippen LogP contribution in [0.1, 0.15) is 21.7 Å². The number of nitrogens with one attached hydrogen (secondary N) is 1. The highest BCUT2D eigenvalue weighted by atomic mass is 16.4. The molecule has 0 aromatic carbocycles. The zero-order valence-electron chi connectivity index (χ0n) is 7.38. The zero-order chi connectivity index (χ0) is 10.0. The van der Waals surface area contributed by atoms with Gasteiger partial charge in [0, 0.05) is 6.07 Å². The topological polar surface area (TPSA) is 85.3 Å². The van der Waals surface area contributed by atoms with Crippen LogP contribution in [0, 0.1) is 13.8 Å². The highest BCUT2D eigenvalue weighted by molar-refractivity contribution is 5.95. The molecule has 0 saturated carbocycles. The van der Waals surface area contributed by atoms with Crippen molar-refractivity contribution in [2.24, 2.45) is 5.84 Å². The van der Waals surface area contributed by atoms with E-state index in [1.165, 1.54) is 6.07 Å². The SMILES string of the molecule is Cc1cc(=O)oc(C)c1C(=O)NN. The number of hydrazine groups is 1. The van der Waals surface area contributed by atoms with Gasteiger partial charge in [-0.1, -0.05) is 0 Å². The van der Waals surface area contributed by atoms with Gasteiger partial charge < -0.3 is 4.42 Å². The summed E-state index contributed by atoms with van der Waals surface area (Å²) in [5.74, 6) is 4.77. The van der Waals surface area contributed by atoms with Crippen LogP contribution >= 0.6 is 0 Å². The average molecular weight is 182 g/mol. The van der Waals surface area contributed by atoms with Crippen LogP contribution in [0.25, 0.3) is 0 Å². The van der Waals surface area contributed by atoms with Gasteiger partial charge in [-0.3, -0.25) is 10.2 Å². The van der Waals surface area contributed by atoms with E-state index in [0.717, 1.165) is 0 Å². The Morgan fingerprint density at radius 3 is 2.62 bits per heavy atom. The number of rotatable bonds is 1. The number of hydrogen-bond acceptors (Lipinski definition) is 4. The molecule has 1 amide bonds. The predicted molar refractivity (Wildman–Crippen MR) is 46.1 cm³/mol. The molecule has 1 rings (SSSR count). The van der Waals surface area contributed by atoms with Gasteiger partial charge in [-0.25, -0.2) is 10.6 Å². The van der Waals surface area contributed by atoms with Gasteiger partial charge in [-0.15, -0.1) is 0 Å². The molecule has 0 unspecified atom stereocenters. The van der Waals surface area contributed by atoms with E-state index in [1.54, 1.807) is 13.8 Å². The van der Waals surface area contributed by atoms with Gasteiger partial charge in [0.05, 0.1) is 5.56 Å². The molecule has 0 atom stereocenters. The molecule has 0 bridgehead atoms. The third-order valence-corrected chi connectivity index (χ3v) is 1.69. The molecule has 0 aliphatic heterocycles. The van der Waals surface area contributed by atoms with Crippen LogP contribution in [0.15, 0.2) is 15.3 Å².